The number of unbranched alkanes of at least 4 members (excludes halogenated alkanes) is 4. The molecule has 0 spiro atoms. The van der Waals surface area contributed by atoms with Gasteiger partial charge in [-0.2, -0.15) is 0 Å². The van der Waals surface area contributed by atoms with Gasteiger partial charge in [0.2, 0.25) is 0 Å². The lowest BCUT2D eigenvalue weighted by molar-refractivity contribution is 0.290. The summed E-state index contributed by atoms with van der Waals surface area (Å²) in [5.41, 5.74) is 0.962. The third kappa shape index (κ3) is 8.05. The lowest BCUT2D eigenvalue weighted by atomic mass is 10.1. The third-order valence-electron chi connectivity index (χ3n) is 3.38. The number of ether oxygens (including phenoxy) is 1. The van der Waals surface area contributed by atoms with Crippen molar-refractivity contribution < 1.29 is 9.13 Å². The first-order chi connectivity index (χ1) is 10.1. The Morgan fingerprint density at radius 2 is 1.90 bits per heavy atom. The number of benzene rings is 1. The highest BCUT2D eigenvalue weighted by Gasteiger charge is 2.05. The topological polar surface area (TPSA) is 21.3 Å². The van der Waals surface area contributed by atoms with Crippen molar-refractivity contribution in [2.75, 3.05) is 13.2 Å². The Morgan fingerprint density at radius 1 is 1.14 bits per heavy atom. The van der Waals surface area contributed by atoms with E-state index in [0.717, 1.165) is 24.9 Å². The van der Waals surface area contributed by atoms with Gasteiger partial charge in [-0.1, -0.05) is 52.5 Å². The number of hydrogen-bond donors (Lipinski definition) is 1. The number of hydrogen-bond acceptors (Lipinski definition) is 2. The lowest BCUT2D eigenvalue weighted by Crippen LogP contribution is -2.19. The van der Waals surface area contributed by atoms with Gasteiger partial charge in [-0.05, 0) is 36.6 Å². The van der Waals surface area contributed by atoms with E-state index in [9.17, 15) is 4.39 Å². The molecule has 1 aromatic carbocycles. The van der Waals surface area contributed by atoms with E-state index < -0.39 is 0 Å². The molecule has 0 saturated heterocycles. The highest BCUT2D eigenvalue weighted by Crippen LogP contribution is 2.19. The summed E-state index contributed by atoms with van der Waals surface area (Å²) in [6, 6.07) is 5.25. The molecule has 1 N–H and O–H groups in total. The molecule has 0 fully saturated rings. The van der Waals surface area contributed by atoms with Crippen LogP contribution in [0.1, 0.15) is 58.4 Å². The zero-order chi connectivity index (χ0) is 15.5. The van der Waals surface area contributed by atoms with Crippen LogP contribution in [-0.4, -0.2) is 13.2 Å². The summed E-state index contributed by atoms with van der Waals surface area (Å²) >= 11 is 0. The monoisotopic (exact) mass is 295 g/mol. The fourth-order valence-electron chi connectivity index (χ4n) is 2.16. The molecule has 0 aromatic heterocycles. The van der Waals surface area contributed by atoms with Crippen LogP contribution in [0.2, 0.25) is 0 Å². The maximum absolute atomic E-state index is 13.9. The summed E-state index contributed by atoms with van der Waals surface area (Å²) in [7, 11) is 0. The summed E-state index contributed by atoms with van der Waals surface area (Å²) in [6.45, 7) is 8.76. The minimum Gasteiger partial charge on any atom is -0.491 e. The molecular weight excluding hydrogens is 265 g/mol. The average Bonchev–Trinajstić information content (AvgIpc) is 2.44. The number of nitrogens with one attached hydrogen (secondary N) is 1. The molecule has 0 radical (unpaired) electrons. The van der Waals surface area contributed by atoms with E-state index in [-0.39, 0.29) is 5.82 Å². The maximum Gasteiger partial charge on any atom is 0.165 e. The molecule has 0 aliphatic rings. The Hall–Kier alpha value is -1.09. The van der Waals surface area contributed by atoms with Gasteiger partial charge in [0.05, 0.1) is 6.61 Å². The molecule has 2 nitrogen and oxygen atoms in total. The standard InChI is InChI=1S/C18H30FNO/c1-4-5-6-7-8-11-21-18-10-9-16(12-17(18)19)14-20-13-15(2)3/h9-10,12,15,20H,4-8,11,13-14H2,1-3H3. The molecule has 120 valence electrons. The third-order valence-corrected chi connectivity index (χ3v) is 3.38. The van der Waals surface area contributed by atoms with Crippen LogP contribution >= 0.6 is 0 Å². The van der Waals surface area contributed by atoms with Crippen molar-refractivity contribution in [3.8, 4) is 5.75 Å². The van der Waals surface area contributed by atoms with Crippen LogP contribution in [0.5, 0.6) is 5.75 Å². The van der Waals surface area contributed by atoms with Gasteiger partial charge >= 0.3 is 0 Å². The lowest BCUT2D eigenvalue weighted by Gasteiger charge is -2.10. The molecular formula is C18H30FNO. The second-order valence-corrected chi connectivity index (χ2v) is 6.05. The smallest absolute Gasteiger partial charge is 0.165 e. The number of halogens is 1. The summed E-state index contributed by atoms with van der Waals surface area (Å²) in [4.78, 5) is 0. The first-order valence-corrected chi connectivity index (χ1v) is 8.25. The van der Waals surface area contributed by atoms with Crippen LogP contribution in [0.3, 0.4) is 0 Å². The van der Waals surface area contributed by atoms with Gasteiger partial charge in [0, 0.05) is 6.54 Å². The molecule has 0 amide bonds. The average molecular weight is 295 g/mol. The van der Waals surface area contributed by atoms with Crippen molar-refractivity contribution in [3.05, 3.63) is 29.6 Å². The Morgan fingerprint density at radius 3 is 2.57 bits per heavy atom. The zero-order valence-corrected chi connectivity index (χ0v) is 13.8. The molecule has 1 aromatic rings. The molecule has 0 aliphatic carbocycles. The Balaban J connectivity index is 2.29. The molecule has 0 bridgehead atoms. The van der Waals surface area contributed by atoms with Gasteiger partial charge in [-0.15, -0.1) is 0 Å². The van der Waals surface area contributed by atoms with Gasteiger partial charge in [0.1, 0.15) is 0 Å². The van der Waals surface area contributed by atoms with Gasteiger partial charge < -0.3 is 10.1 Å². The predicted molar refractivity (Wildman–Crippen MR) is 87.2 cm³/mol. The van der Waals surface area contributed by atoms with Crippen LogP contribution < -0.4 is 10.1 Å². The van der Waals surface area contributed by atoms with E-state index in [0.29, 0.717) is 24.8 Å². The van der Waals surface area contributed by atoms with Crippen LogP contribution in [-0.2, 0) is 6.54 Å². The van der Waals surface area contributed by atoms with E-state index in [1.165, 1.54) is 19.3 Å². The minimum atomic E-state index is -0.257. The van der Waals surface area contributed by atoms with E-state index in [1.807, 2.05) is 6.07 Å². The molecule has 21 heavy (non-hydrogen) atoms. The summed E-state index contributed by atoms with van der Waals surface area (Å²) < 4.78 is 19.4. The van der Waals surface area contributed by atoms with Gasteiger partial charge in [-0.3, -0.25) is 0 Å². The number of rotatable bonds is 11. The normalized spacial score (nSPS) is 11.1. The van der Waals surface area contributed by atoms with Gasteiger partial charge in [0.25, 0.3) is 0 Å². The van der Waals surface area contributed by atoms with Crippen molar-refractivity contribution in [1.29, 1.82) is 0 Å². The molecule has 3 heteroatoms. The Labute approximate surface area is 129 Å². The first kappa shape index (κ1) is 18.0. The fourth-order valence-corrected chi connectivity index (χ4v) is 2.16. The van der Waals surface area contributed by atoms with Crippen molar-refractivity contribution in [2.24, 2.45) is 5.92 Å². The largest absolute Gasteiger partial charge is 0.491 e. The molecule has 0 heterocycles. The van der Waals surface area contributed by atoms with E-state index >= 15 is 0 Å². The molecule has 1 rings (SSSR count). The molecule has 0 saturated carbocycles. The summed E-state index contributed by atoms with van der Waals surface area (Å²) in [5.74, 6) is 0.718. The minimum absolute atomic E-state index is 0.257. The van der Waals surface area contributed by atoms with E-state index in [1.54, 1.807) is 12.1 Å². The highest BCUT2D eigenvalue weighted by atomic mass is 19.1. The predicted octanol–water partition coefficient (Wildman–Crippen LogP) is 4.92. The van der Waals surface area contributed by atoms with Crippen LogP contribution in [0, 0.1) is 11.7 Å². The fraction of sp³-hybridized carbons (Fsp3) is 0.667. The van der Waals surface area contributed by atoms with E-state index in [2.05, 4.69) is 26.1 Å². The second-order valence-electron chi connectivity index (χ2n) is 6.05. The highest BCUT2D eigenvalue weighted by molar-refractivity contribution is 5.29. The van der Waals surface area contributed by atoms with E-state index in [4.69, 9.17) is 4.74 Å². The van der Waals surface area contributed by atoms with Crippen molar-refractivity contribution in [1.82, 2.24) is 5.32 Å². The molecule has 0 aliphatic heterocycles. The zero-order valence-electron chi connectivity index (χ0n) is 13.8. The maximum atomic E-state index is 13.9. The molecule has 0 unspecified atom stereocenters. The van der Waals surface area contributed by atoms with Crippen molar-refractivity contribution in [3.63, 3.8) is 0 Å². The Kier molecular flexibility index (Phi) is 9.07. The quantitative estimate of drug-likeness (QED) is 0.585. The van der Waals surface area contributed by atoms with Crippen LogP contribution in [0.15, 0.2) is 18.2 Å². The SMILES string of the molecule is CCCCCCCOc1ccc(CNCC(C)C)cc1F. The first-order valence-electron chi connectivity index (χ1n) is 8.25. The molecule has 0 atom stereocenters. The second kappa shape index (κ2) is 10.6. The van der Waals surface area contributed by atoms with Gasteiger partial charge in [0.15, 0.2) is 11.6 Å². The summed E-state index contributed by atoms with van der Waals surface area (Å²) in [5, 5.41) is 3.31. The Bertz CT molecular complexity index is 393. The van der Waals surface area contributed by atoms with Crippen LogP contribution in [0.25, 0.3) is 0 Å². The van der Waals surface area contributed by atoms with Crippen molar-refractivity contribution in [2.45, 2.75) is 59.4 Å². The van der Waals surface area contributed by atoms with Gasteiger partial charge in [-0.25, -0.2) is 4.39 Å². The van der Waals surface area contributed by atoms with Crippen molar-refractivity contribution >= 4 is 0 Å². The summed E-state index contributed by atoms with van der Waals surface area (Å²) in [6.07, 6.45) is 5.90. The van der Waals surface area contributed by atoms with Crippen LogP contribution in [0.4, 0.5) is 4.39 Å².